The first-order chi connectivity index (χ1) is 27.9. The largest absolute Gasteiger partial charge is 0.462 e. The summed E-state index contributed by atoms with van der Waals surface area (Å²) in [7, 11) is 0. The first-order valence-corrected chi connectivity index (χ1v) is 25.4. The van der Waals surface area contributed by atoms with E-state index < -0.39 is 6.10 Å². The molecule has 0 aliphatic rings. The number of hydrogen-bond donors (Lipinski definition) is 0. The van der Waals surface area contributed by atoms with Crippen molar-refractivity contribution in [2.75, 3.05) is 13.2 Å². The van der Waals surface area contributed by atoms with Crippen LogP contribution in [0.15, 0.2) is 0 Å². The van der Waals surface area contributed by atoms with Crippen LogP contribution in [0, 0.1) is 5.92 Å². The van der Waals surface area contributed by atoms with E-state index in [1.54, 1.807) is 0 Å². The van der Waals surface area contributed by atoms with Crippen molar-refractivity contribution in [3.63, 3.8) is 0 Å². The van der Waals surface area contributed by atoms with Crippen LogP contribution in [0.3, 0.4) is 0 Å². The van der Waals surface area contributed by atoms with E-state index in [0.717, 1.165) is 63.7 Å². The van der Waals surface area contributed by atoms with E-state index in [1.165, 1.54) is 180 Å². The molecule has 0 spiro atoms. The minimum absolute atomic E-state index is 0.0629. The molecule has 0 saturated carbocycles. The molecule has 0 aliphatic heterocycles. The van der Waals surface area contributed by atoms with Crippen molar-refractivity contribution in [1.29, 1.82) is 0 Å². The zero-order chi connectivity index (χ0) is 41.7. The molecule has 1 unspecified atom stereocenters. The minimum Gasteiger partial charge on any atom is -0.462 e. The number of rotatable bonds is 46. The Morgan fingerprint density at radius 2 is 0.614 bits per heavy atom. The first kappa shape index (κ1) is 55.4. The van der Waals surface area contributed by atoms with Gasteiger partial charge in [0.1, 0.15) is 13.2 Å². The monoisotopic (exact) mass is 807 g/mol. The van der Waals surface area contributed by atoms with E-state index in [1.807, 2.05) is 0 Å². The minimum atomic E-state index is -0.759. The molecule has 0 aromatic rings. The second kappa shape index (κ2) is 45.5. The number of esters is 3. The molecule has 0 radical (unpaired) electrons. The summed E-state index contributed by atoms with van der Waals surface area (Å²) in [6, 6.07) is 0. The maximum atomic E-state index is 12.7. The summed E-state index contributed by atoms with van der Waals surface area (Å²) in [5.41, 5.74) is 0. The SMILES string of the molecule is CCCCCCCCCCCCCC(=O)OC[C@H](COC(=O)CCCCCCCCCCCCCCCCC(C)CC)OC(=O)CCCCCCCCCCCC. The molecule has 0 fully saturated rings. The van der Waals surface area contributed by atoms with Crippen LogP contribution in [-0.2, 0) is 28.6 Å². The van der Waals surface area contributed by atoms with Crippen molar-refractivity contribution < 1.29 is 28.6 Å². The Hall–Kier alpha value is -1.59. The highest BCUT2D eigenvalue weighted by molar-refractivity contribution is 5.71. The molecule has 338 valence electrons. The molecule has 0 aromatic heterocycles. The lowest BCUT2D eigenvalue weighted by Crippen LogP contribution is -2.30. The zero-order valence-electron chi connectivity index (χ0n) is 38.8. The van der Waals surface area contributed by atoms with Gasteiger partial charge in [0, 0.05) is 19.3 Å². The van der Waals surface area contributed by atoms with Crippen LogP contribution in [0.25, 0.3) is 0 Å². The average Bonchev–Trinajstić information content (AvgIpc) is 3.21. The second-order valence-electron chi connectivity index (χ2n) is 17.7. The molecule has 0 aliphatic carbocycles. The van der Waals surface area contributed by atoms with Crippen LogP contribution in [0.5, 0.6) is 0 Å². The van der Waals surface area contributed by atoms with E-state index in [-0.39, 0.29) is 31.1 Å². The van der Waals surface area contributed by atoms with Gasteiger partial charge in [-0.3, -0.25) is 14.4 Å². The van der Waals surface area contributed by atoms with Gasteiger partial charge in [-0.05, 0) is 25.2 Å². The third-order valence-corrected chi connectivity index (χ3v) is 11.9. The molecule has 0 heterocycles. The summed E-state index contributed by atoms with van der Waals surface area (Å²) >= 11 is 0. The van der Waals surface area contributed by atoms with Gasteiger partial charge in [0.2, 0.25) is 0 Å². The predicted molar refractivity (Wildman–Crippen MR) is 243 cm³/mol. The fourth-order valence-electron chi connectivity index (χ4n) is 7.66. The third-order valence-electron chi connectivity index (χ3n) is 11.9. The predicted octanol–water partition coefficient (Wildman–Crippen LogP) is 16.3. The lowest BCUT2D eigenvalue weighted by molar-refractivity contribution is -0.167. The fourth-order valence-corrected chi connectivity index (χ4v) is 7.66. The normalized spacial score (nSPS) is 12.4. The van der Waals surface area contributed by atoms with Crippen molar-refractivity contribution in [3.8, 4) is 0 Å². The summed E-state index contributed by atoms with van der Waals surface area (Å²) in [6.45, 7) is 9.05. The highest BCUT2D eigenvalue weighted by Crippen LogP contribution is 2.17. The van der Waals surface area contributed by atoms with Crippen LogP contribution in [0.4, 0.5) is 0 Å². The first-order valence-electron chi connectivity index (χ1n) is 25.4. The smallest absolute Gasteiger partial charge is 0.306 e. The van der Waals surface area contributed by atoms with Gasteiger partial charge in [0.15, 0.2) is 6.10 Å². The molecule has 0 N–H and O–H groups in total. The third kappa shape index (κ3) is 43.8. The summed E-state index contributed by atoms with van der Waals surface area (Å²) in [4.78, 5) is 37.8. The second-order valence-corrected chi connectivity index (χ2v) is 17.7. The van der Waals surface area contributed by atoms with Gasteiger partial charge >= 0.3 is 17.9 Å². The molecule has 0 rings (SSSR count). The standard InChI is InChI=1S/C51H98O6/c1-5-8-10-12-14-16-22-27-30-34-38-42-49(52)55-45-48(57-51(54)44-40-36-32-26-17-15-13-11-9-6-2)46-56-50(53)43-39-35-31-28-24-21-19-18-20-23-25-29-33-37-41-47(4)7-3/h47-48H,5-46H2,1-4H3/t47?,48-/m1/s1. The fraction of sp³-hybridized carbons (Fsp3) is 0.941. The molecule has 0 bridgehead atoms. The molecular weight excluding hydrogens is 709 g/mol. The zero-order valence-corrected chi connectivity index (χ0v) is 38.8. The van der Waals surface area contributed by atoms with Gasteiger partial charge < -0.3 is 14.2 Å². The molecule has 57 heavy (non-hydrogen) atoms. The molecule has 0 amide bonds. The Morgan fingerprint density at radius 3 is 0.912 bits per heavy atom. The van der Waals surface area contributed by atoms with E-state index in [9.17, 15) is 14.4 Å². The van der Waals surface area contributed by atoms with Gasteiger partial charge in [0.05, 0.1) is 0 Å². The van der Waals surface area contributed by atoms with Gasteiger partial charge in [-0.1, -0.05) is 246 Å². The Kier molecular flexibility index (Phi) is 44.2. The summed E-state index contributed by atoms with van der Waals surface area (Å²) in [6.07, 6.45) is 46.5. The van der Waals surface area contributed by atoms with Crippen LogP contribution in [0.2, 0.25) is 0 Å². The molecule has 6 heteroatoms. The Morgan fingerprint density at radius 1 is 0.351 bits per heavy atom. The molecule has 0 saturated heterocycles. The number of carbonyl (C=O) groups excluding carboxylic acids is 3. The highest BCUT2D eigenvalue weighted by atomic mass is 16.6. The molecule has 6 nitrogen and oxygen atoms in total. The van der Waals surface area contributed by atoms with Gasteiger partial charge in [0.25, 0.3) is 0 Å². The number of hydrogen-bond acceptors (Lipinski definition) is 6. The van der Waals surface area contributed by atoms with Crippen LogP contribution in [-0.4, -0.2) is 37.2 Å². The number of unbranched alkanes of at least 4 members (excludes halogenated alkanes) is 32. The Bertz CT molecular complexity index is 859. The number of ether oxygens (including phenoxy) is 3. The van der Waals surface area contributed by atoms with Crippen molar-refractivity contribution in [2.24, 2.45) is 5.92 Å². The van der Waals surface area contributed by atoms with E-state index >= 15 is 0 Å². The van der Waals surface area contributed by atoms with Gasteiger partial charge in [-0.15, -0.1) is 0 Å². The van der Waals surface area contributed by atoms with E-state index in [2.05, 4.69) is 27.7 Å². The van der Waals surface area contributed by atoms with Crippen LogP contribution in [0.1, 0.15) is 285 Å². The Labute approximate surface area is 355 Å². The summed E-state index contributed by atoms with van der Waals surface area (Å²) in [5.74, 6) is 0.0477. The highest BCUT2D eigenvalue weighted by Gasteiger charge is 2.19. The Balaban J connectivity index is 4.24. The maximum absolute atomic E-state index is 12.7. The van der Waals surface area contributed by atoms with Crippen molar-refractivity contribution in [3.05, 3.63) is 0 Å². The van der Waals surface area contributed by atoms with Crippen molar-refractivity contribution in [2.45, 2.75) is 291 Å². The average molecular weight is 807 g/mol. The lowest BCUT2D eigenvalue weighted by Gasteiger charge is -2.18. The molecular formula is C51H98O6. The van der Waals surface area contributed by atoms with E-state index in [0.29, 0.717) is 19.3 Å². The molecule has 0 aromatic carbocycles. The topological polar surface area (TPSA) is 78.9 Å². The summed E-state index contributed by atoms with van der Waals surface area (Å²) in [5, 5.41) is 0. The van der Waals surface area contributed by atoms with Crippen molar-refractivity contribution >= 4 is 17.9 Å². The summed E-state index contributed by atoms with van der Waals surface area (Å²) < 4.78 is 16.8. The van der Waals surface area contributed by atoms with Gasteiger partial charge in [-0.2, -0.15) is 0 Å². The van der Waals surface area contributed by atoms with Crippen LogP contribution < -0.4 is 0 Å². The van der Waals surface area contributed by atoms with E-state index in [4.69, 9.17) is 14.2 Å². The van der Waals surface area contributed by atoms with Crippen molar-refractivity contribution in [1.82, 2.24) is 0 Å². The number of carbonyl (C=O) groups is 3. The quantitative estimate of drug-likeness (QED) is 0.0346. The maximum Gasteiger partial charge on any atom is 0.306 e. The van der Waals surface area contributed by atoms with Crippen LogP contribution >= 0.6 is 0 Å². The van der Waals surface area contributed by atoms with Gasteiger partial charge in [-0.25, -0.2) is 0 Å². The lowest BCUT2D eigenvalue weighted by atomic mass is 9.99. The molecule has 2 atom stereocenters.